The second-order valence-corrected chi connectivity index (χ2v) is 10.8. The van der Waals surface area contributed by atoms with E-state index in [-0.39, 0.29) is 17.3 Å². The van der Waals surface area contributed by atoms with Crippen molar-refractivity contribution >= 4 is 0 Å². The third kappa shape index (κ3) is 8.18. The lowest BCUT2D eigenvalue weighted by Gasteiger charge is -2.41. The zero-order valence-electron chi connectivity index (χ0n) is 22.5. The summed E-state index contributed by atoms with van der Waals surface area (Å²) in [4.78, 5) is 0. The molecular weight excluding hydrogens is 404 g/mol. The Hall–Kier alpha value is -1.80. The van der Waals surface area contributed by atoms with E-state index in [4.69, 9.17) is 9.47 Å². The summed E-state index contributed by atoms with van der Waals surface area (Å²) in [5, 5.41) is 0. The number of benzene rings is 2. The van der Waals surface area contributed by atoms with Gasteiger partial charge in [-0.05, 0) is 68.7 Å². The lowest BCUT2D eigenvalue weighted by Crippen LogP contribution is -2.40. The molecule has 2 nitrogen and oxygen atoms in total. The molecular formula is C31H48O2. The van der Waals surface area contributed by atoms with Crippen molar-refractivity contribution in [3.63, 3.8) is 0 Å². The van der Waals surface area contributed by atoms with Crippen molar-refractivity contribution in [2.75, 3.05) is 0 Å². The SMILES string of the molecule is CC.CC(C)C(C)c1ccc(OC(CC2(c3ccccc3)CCCCC2)OC(C)(C)C)cc1. The third-order valence-corrected chi connectivity index (χ3v) is 6.91. The van der Waals surface area contributed by atoms with Gasteiger partial charge in [0, 0.05) is 11.8 Å². The van der Waals surface area contributed by atoms with Gasteiger partial charge in [0.05, 0.1) is 5.60 Å². The third-order valence-electron chi connectivity index (χ3n) is 6.91. The van der Waals surface area contributed by atoms with E-state index in [0.717, 1.165) is 12.2 Å². The molecule has 0 saturated heterocycles. The van der Waals surface area contributed by atoms with Crippen molar-refractivity contribution in [3.05, 3.63) is 65.7 Å². The van der Waals surface area contributed by atoms with Crippen molar-refractivity contribution in [2.45, 2.75) is 117 Å². The molecule has 1 fully saturated rings. The van der Waals surface area contributed by atoms with Gasteiger partial charge in [0.1, 0.15) is 5.75 Å². The Balaban J connectivity index is 0.00000187. The van der Waals surface area contributed by atoms with E-state index in [1.807, 2.05) is 13.8 Å². The largest absolute Gasteiger partial charge is 0.465 e. The van der Waals surface area contributed by atoms with E-state index in [9.17, 15) is 0 Å². The van der Waals surface area contributed by atoms with Crippen LogP contribution in [-0.4, -0.2) is 11.9 Å². The molecule has 0 aliphatic heterocycles. The molecule has 33 heavy (non-hydrogen) atoms. The first-order chi connectivity index (χ1) is 15.7. The highest BCUT2D eigenvalue weighted by atomic mass is 16.7. The smallest absolute Gasteiger partial charge is 0.201 e. The molecule has 1 aliphatic carbocycles. The molecule has 0 heterocycles. The first kappa shape index (κ1) is 27.4. The van der Waals surface area contributed by atoms with Gasteiger partial charge in [0.2, 0.25) is 6.29 Å². The van der Waals surface area contributed by atoms with E-state index in [2.05, 4.69) is 96.1 Å². The van der Waals surface area contributed by atoms with E-state index >= 15 is 0 Å². The molecule has 2 aromatic carbocycles. The van der Waals surface area contributed by atoms with Crippen molar-refractivity contribution in [1.82, 2.24) is 0 Å². The van der Waals surface area contributed by atoms with Crippen molar-refractivity contribution in [1.29, 1.82) is 0 Å². The molecule has 0 radical (unpaired) electrons. The quantitative estimate of drug-likeness (QED) is 0.371. The van der Waals surface area contributed by atoms with Gasteiger partial charge in [-0.2, -0.15) is 0 Å². The fourth-order valence-electron chi connectivity index (χ4n) is 4.84. The van der Waals surface area contributed by atoms with Gasteiger partial charge in [0.15, 0.2) is 0 Å². The van der Waals surface area contributed by atoms with Crippen molar-refractivity contribution < 1.29 is 9.47 Å². The molecule has 1 aliphatic rings. The number of hydrogen-bond donors (Lipinski definition) is 0. The molecule has 0 aromatic heterocycles. The molecule has 0 bridgehead atoms. The summed E-state index contributed by atoms with van der Waals surface area (Å²) in [7, 11) is 0. The van der Waals surface area contributed by atoms with Crippen LogP contribution in [0.5, 0.6) is 5.75 Å². The molecule has 1 saturated carbocycles. The zero-order chi connectivity index (χ0) is 24.5. The summed E-state index contributed by atoms with van der Waals surface area (Å²) in [5.41, 5.74) is 2.66. The van der Waals surface area contributed by atoms with E-state index in [1.54, 1.807) is 0 Å². The summed E-state index contributed by atoms with van der Waals surface area (Å²) in [6, 6.07) is 19.7. The summed E-state index contributed by atoms with van der Waals surface area (Å²) in [6.45, 7) is 17.2. The summed E-state index contributed by atoms with van der Waals surface area (Å²) < 4.78 is 13.0. The highest BCUT2D eigenvalue weighted by Gasteiger charge is 2.38. The minimum atomic E-state index is -0.272. The van der Waals surface area contributed by atoms with Gasteiger partial charge in [-0.3, -0.25) is 0 Å². The Morgan fingerprint density at radius 3 is 1.91 bits per heavy atom. The highest BCUT2D eigenvalue weighted by Crippen LogP contribution is 2.44. The Morgan fingerprint density at radius 2 is 1.39 bits per heavy atom. The first-order valence-corrected chi connectivity index (χ1v) is 13.2. The lowest BCUT2D eigenvalue weighted by atomic mass is 9.67. The maximum atomic E-state index is 6.51. The van der Waals surface area contributed by atoms with Gasteiger partial charge >= 0.3 is 0 Å². The number of rotatable bonds is 8. The maximum absolute atomic E-state index is 6.51. The average molecular weight is 453 g/mol. The summed E-state index contributed by atoms with van der Waals surface area (Å²) in [6.07, 6.45) is 6.91. The molecule has 2 atom stereocenters. The lowest BCUT2D eigenvalue weighted by molar-refractivity contribution is -0.163. The van der Waals surface area contributed by atoms with Crippen molar-refractivity contribution in [3.8, 4) is 5.75 Å². The molecule has 0 spiro atoms. The van der Waals surface area contributed by atoms with Crippen LogP contribution in [0.2, 0.25) is 0 Å². The van der Waals surface area contributed by atoms with E-state index in [1.165, 1.54) is 43.2 Å². The zero-order valence-corrected chi connectivity index (χ0v) is 22.5. The molecule has 2 aromatic rings. The highest BCUT2D eigenvalue weighted by molar-refractivity contribution is 5.30. The molecule has 3 rings (SSSR count). The normalized spacial score (nSPS) is 17.6. The molecule has 184 valence electrons. The van der Waals surface area contributed by atoms with Crippen LogP contribution < -0.4 is 4.74 Å². The number of ether oxygens (including phenoxy) is 2. The molecule has 0 amide bonds. The predicted molar refractivity (Wildman–Crippen MR) is 142 cm³/mol. The van der Waals surface area contributed by atoms with E-state index in [0.29, 0.717) is 11.8 Å². The standard InChI is InChI=1S/C29H42O2.C2H6/c1-22(2)23(3)24-15-17-26(18-16-24)30-27(31-28(4,5)6)21-29(19-11-8-12-20-29)25-13-9-7-10-14-25;1-2/h7,9-10,13-18,22-23,27H,8,11-12,19-21H2,1-6H3;1-2H3. The Kier molecular flexibility index (Phi) is 10.5. The maximum Gasteiger partial charge on any atom is 0.201 e. The van der Waals surface area contributed by atoms with Crippen LogP contribution in [0.3, 0.4) is 0 Å². The van der Waals surface area contributed by atoms with Crippen LogP contribution in [0, 0.1) is 5.92 Å². The van der Waals surface area contributed by atoms with Gasteiger partial charge < -0.3 is 9.47 Å². The van der Waals surface area contributed by atoms with Crippen LogP contribution in [0.4, 0.5) is 0 Å². The first-order valence-electron chi connectivity index (χ1n) is 13.2. The Morgan fingerprint density at radius 1 is 0.818 bits per heavy atom. The fourth-order valence-corrected chi connectivity index (χ4v) is 4.84. The van der Waals surface area contributed by atoms with Crippen LogP contribution in [0.25, 0.3) is 0 Å². The van der Waals surface area contributed by atoms with Crippen LogP contribution in [0.1, 0.15) is 111 Å². The van der Waals surface area contributed by atoms with Gasteiger partial charge in [0.25, 0.3) is 0 Å². The Bertz CT molecular complexity index is 780. The molecule has 2 heteroatoms. The topological polar surface area (TPSA) is 18.5 Å². The number of hydrogen-bond acceptors (Lipinski definition) is 2. The summed E-state index contributed by atoms with van der Waals surface area (Å²) in [5.74, 6) is 2.06. The second kappa shape index (κ2) is 12.6. The minimum Gasteiger partial charge on any atom is -0.465 e. The van der Waals surface area contributed by atoms with E-state index < -0.39 is 0 Å². The van der Waals surface area contributed by atoms with Crippen LogP contribution in [-0.2, 0) is 10.2 Å². The Labute approximate surface area is 204 Å². The fraction of sp³-hybridized carbons (Fsp3) is 0.613. The van der Waals surface area contributed by atoms with Gasteiger partial charge in [-0.25, -0.2) is 0 Å². The monoisotopic (exact) mass is 452 g/mol. The molecule has 0 N–H and O–H groups in total. The summed E-state index contributed by atoms with van der Waals surface area (Å²) >= 11 is 0. The predicted octanol–water partition coefficient (Wildman–Crippen LogP) is 9.28. The van der Waals surface area contributed by atoms with Crippen LogP contribution in [0.15, 0.2) is 54.6 Å². The molecule has 2 unspecified atom stereocenters. The van der Waals surface area contributed by atoms with Crippen LogP contribution >= 0.6 is 0 Å². The van der Waals surface area contributed by atoms with Gasteiger partial charge in [-0.1, -0.05) is 96.3 Å². The second-order valence-electron chi connectivity index (χ2n) is 10.8. The average Bonchev–Trinajstić information content (AvgIpc) is 2.80. The van der Waals surface area contributed by atoms with Crippen molar-refractivity contribution in [2.24, 2.45) is 5.92 Å². The minimum absolute atomic E-state index is 0.127. The van der Waals surface area contributed by atoms with Gasteiger partial charge in [-0.15, -0.1) is 0 Å².